The summed E-state index contributed by atoms with van der Waals surface area (Å²) in [5.74, 6) is 0. The van der Waals surface area contributed by atoms with E-state index in [1.165, 1.54) is 52.2 Å². The summed E-state index contributed by atoms with van der Waals surface area (Å²) in [6.45, 7) is 0. The average Bonchev–Trinajstić information content (AvgIpc) is 3.48. The smallest absolute Gasteiger partial charge is 0.169 e. The Morgan fingerprint density at radius 1 is 0.548 bits per heavy atom. The molecule has 0 fully saturated rings. The predicted molar refractivity (Wildman–Crippen MR) is 135 cm³/mol. The largest absolute Gasteiger partial charge is 0.208 e. The molecule has 3 heterocycles. The summed E-state index contributed by atoms with van der Waals surface area (Å²) < 4.78 is 2.07. The van der Waals surface area contributed by atoms with Crippen LogP contribution in [0.1, 0.15) is 0 Å². The molecule has 0 bridgehead atoms. The predicted octanol–water partition coefficient (Wildman–Crippen LogP) is 7.94. The summed E-state index contributed by atoms with van der Waals surface area (Å²) in [5, 5.41) is 5.22. The minimum atomic E-state index is 1.27. The first kappa shape index (κ1) is 18.5. The van der Waals surface area contributed by atoms with Gasteiger partial charge in [-0.2, -0.15) is 0 Å². The molecule has 1 nitrogen and oxygen atoms in total. The second-order valence-electron chi connectivity index (χ2n) is 7.77. The van der Waals surface area contributed by atoms with Crippen LogP contribution >= 0.6 is 22.7 Å². The minimum Gasteiger partial charge on any atom is -0.208 e. The van der Waals surface area contributed by atoms with E-state index >= 15 is 0 Å². The molecule has 0 N–H and O–H groups in total. The Labute approximate surface area is 189 Å². The number of thiophene rings is 2. The highest BCUT2D eigenvalue weighted by Crippen LogP contribution is 2.44. The quantitative estimate of drug-likeness (QED) is 0.197. The van der Waals surface area contributed by atoms with Gasteiger partial charge < -0.3 is 0 Å². The molecule has 0 spiro atoms. The van der Waals surface area contributed by atoms with Gasteiger partial charge in [-0.05, 0) is 51.9 Å². The molecular formula is C28H20NS2+. The molecule has 6 aromatic rings. The number of pyridine rings is 1. The van der Waals surface area contributed by atoms with Crippen LogP contribution in [0.25, 0.3) is 52.2 Å². The van der Waals surface area contributed by atoms with Crippen molar-refractivity contribution >= 4 is 44.2 Å². The van der Waals surface area contributed by atoms with Crippen molar-refractivity contribution in [3.8, 4) is 30.6 Å². The monoisotopic (exact) mass is 434 g/mol. The molecule has 0 unspecified atom stereocenters. The van der Waals surface area contributed by atoms with Gasteiger partial charge in [-0.25, -0.2) is 4.57 Å². The number of rotatable bonds is 3. The summed E-state index contributed by atoms with van der Waals surface area (Å²) in [6.07, 6.45) is 4.20. The Morgan fingerprint density at radius 3 is 1.71 bits per heavy atom. The zero-order valence-corrected chi connectivity index (χ0v) is 18.7. The first-order valence-electron chi connectivity index (χ1n) is 10.3. The molecule has 148 valence electrons. The van der Waals surface area contributed by atoms with Crippen LogP contribution in [0.5, 0.6) is 0 Å². The van der Waals surface area contributed by atoms with E-state index in [0.717, 1.165) is 0 Å². The van der Waals surface area contributed by atoms with Crippen molar-refractivity contribution in [2.45, 2.75) is 0 Å². The van der Waals surface area contributed by atoms with E-state index in [-0.39, 0.29) is 0 Å². The van der Waals surface area contributed by atoms with Gasteiger partial charge in [0, 0.05) is 42.8 Å². The van der Waals surface area contributed by atoms with Crippen molar-refractivity contribution in [1.82, 2.24) is 0 Å². The highest BCUT2D eigenvalue weighted by atomic mass is 32.1. The molecule has 0 atom stereocenters. The number of hydrogen-bond acceptors (Lipinski definition) is 2. The third kappa shape index (κ3) is 3.27. The Bertz CT molecular complexity index is 1480. The first-order chi connectivity index (χ1) is 15.3. The summed E-state index contributed by atoms with van der Waals surface area (Å²) in [7, 11) is 2.05. The van der Waals surface area contributed by atoms with Crippen molar-refractivity contribution in [2.24, 2.45) is 7.05 Å². The van der Waals surface area contributed by atoms with Crippen LogP contribution in [0.2, 0.25) is 0 Å². The van der Waals surface area contributed by atoms with E-state index in [0.29, 0.717) is 0 Å². The third-order valence-electron chi connectivity index (χ3n) is 5.74. The lowest BCUT2D eigenvalue weighted by atomic mass is 9.96. The highest BCUT2D eigenvalue weighted by molar-refractivity contribution is 7.25. The lowest BCUT2D eigenvalue weighted by molar-refractivity contribution is -0.671. The topological polar surface area (TPSA) is 3.88 Å². The third-order valence-corrected chi connectivity index (χ3v) is 8.17. The zero-order valence-electron chi connectivity index (χ0n) is 17.1. The van der Waals surface area contributed by atoms with E-state index in [2.05, 4.69) is 108 Å². The van der Waals surface area contributed by atoms with Crippen LogP contribution in [0.3, 0.4) is 0 Å². The number of hydrogen-bond donors (Lipinski definition) is 0. The van der Waals surface area contributed by atoms with Gasteiger partial charge in [-0.3, -0.25) is 0 Å². The zero-order chi connectivity index (χ0) is 20.8. The average molecular weight is 435 g/mol. The summed E-state index contributed by atoms with van der Waals surface area (Å²) >= 11 is 3.75. The second-order valence-corrected chi connectivity index (χ2v) is 9.94. The van der Waals surface area contributed by atoms with E-state index in [1.54, 1.807) is 0 Å². The van der Waals surface area contributed by atoms with Gasteiger partial charge in [0.05, 0.1) is 0 Å². The summed E-state index contributed by atoms with van der Waals surface area (Å²) in [4.78, 5) is 5.28. The molecule has 31 heavy (non-hydrogen) atoms. The minimum absolute atomic E-state index is 1.27. The highest BCUT2D eigenvalue weighted by Gasteiger charge is 2.14. The van der Waals surface area contributed by atoms with Crippen molar-refractivity contribution in [1.29, 1.82) is 0 Å². The van der Waals surface area contributed by atoms with Gasteiger partial charge in [-0.15, -0.1) is 22.7 Å². The summed E-state index contributed by atoms with van der Waals surface area (Å²) in [5.41, 5.74) is 2.61. The molecule has 0 radical (unpaired) electrons. The normalized spacial score (nSPS) is 11.4. The molecule has 6 rings (SSSR count). The standard InChI is InChI=1S/C28H20NS2/c1-29-16-14-19(15-17-29)24-10-11-25(30-24)26-12-13-27(31-26)28-22-8-4-2-6-20(22)18-21-7-3-5-9-23(21)28/h2-18H,1H3/q+1. The molecule has 3 aromatic carbocycles. The molecule has 0 saturated carbocycles. The fourth-order valence-electron chi connectivity index (χ4n) is 4.17. The maximum Gasteiger partial charge on any atom is 0.169 e. The Hall–Kier alpha value is -3.27. The second kappa shape index (κ2) is 7.45. The van der Waals surface area contributed by atoms with Crippen molar-refractivity contribution in [3.05, 3.63) is 103 Å². The number of fused-ring (bicyclic) bond motifs is 2. The fourth-order valence-corrected chi connectivity index (χ4v) is 6.36. The molecule has 0 aliphatic rings. The SMILES string of the molecule is C[n+]1ccc(-c2ccc(-c3ccc(-c4c5ccccc5cc5ccccc45)s3)s2)cc1. The van der Waals surface area contributed by atoms with Gasteiger partial charge in [0.1, 0.15) is 7.05 Å². The van der Waals surface area contributed by atoms with E-state index in [9.17, 15) is 0 Å². The Morgan fingerprint density at radius 2 is 1.06 bits per heavy atom. The van der Waals surface area contributed by atoms with Crippen molar-refractivity contribution in [3.63, 3.8) is 0 Å². The van der Waals surface area contributed by atoms with Gasteiger partial charge in [0.25, 0.3) is 0 Å². The van der Waals surface area contributed by atoms with Gasteiger partial charge in [0.2, 0.25) is 0 Å². The number of nitrogens with zero attached hydrogens (tertiary/aromatic N) is 1. The lowest BCUT2D eigenvalue weighted by Crippen LogP contribution is -2.25. The van der Waals surface area contributed by atoms with E-state index in [4.69, 9.17) is 0 Å². The van der Waals surface area contributed by atoms with Crippen LogP contribution in [-0.4, -0.2) is 0 Å². The molecular weight excluding hydrogens is 414 g/mol. The van der Waals surface area contributed by atoms with E-state index < -0.39 is 0 Å². The van der Waals surface area contributed by atoms with Crippen molar-refractivity contribution < 1.29 is 4.57 Å². The molecule has 0 amide bonds. The van der Waals surface area contributed by atoms with Crippen molar-refractivity contribution in [2.75, 3.05) is 0 Å². The number of aromatic nitrogens is 1. The number of benzene rings is 3. The van der Waals surface area contributed by atoms with Crippen LogP contribution in [-0.2, 0) is 7.05 Å². The van der Waals surface area contributed by atoms with Gasteiger partial charge >= 0.3 is 0 Å². The Balaban J connectivity index is 1.47. The van der Waals surface area contributed by atoms with Crippen LogP contribution in [0.15, 0.2) is 103 Å². The summed E-state index contributed by atoms with van der Waals surface area (Å²) in [6, 6.07) is 33.2. The molecule has 3 aromatic heterocycles. The molecule has 0 aliphatic heterocycles. The maximum atomic E-state index is 2.30. The Kier molecular flexibility index (Phi) is 4.45. The molecule has 0 saturated heterocycles. The molecule has 0 aliphatic carbocycles. The van der Waals surface area contributed by atoms with Gasteiger partial charge in [0.15, 0.2) is 12.4 Å². The van der Waals surface area contributed by atoms with Crippen LogP contribution in [0, 0.1) is 0 Å². The first-order valence-corrected chi connectivity index (χ1v) is 12.0. The van der Waals surface area contributed by atoms with Gasteiger partial charge in [-0.1, -0.05) is 48.5 Å². The van der Waals surface area contributed by atoms with Crippen LogP contribution < -0.4 is 4.57 Å². The maximum absolute atomic E-state index is 2.30. The van der Waals surface area contributed by atoms with Crippen LogP contribution in [0.4, 0.5) is 0 Å². The van der Waals surface area contributed by atoms with E-state index in [1.807, 2.05) is 29.7 Å². The lowest BCUT2D eigenvalue weighted by Gasteiger charge is -2.10. The number of aryl methyl sites for hydroxylation is 1. The fraction of sp³-hybridized carbons (Fsp3) is 0.0357. The molecule has 3 heteroatoms.